The molecule has 0 N–H and O–H groups in total. The molecular weight excluding hydrogens is 318 g/mol. The van der Waals surface area contributed by atoms with Gasteiger partial charge in [-0.1, -0.05) is 20.3 Å². The normalized spacial score (nSPS) is 14.8. The first kappa shape index (κ1) is 22.8. The number of ether oxygens (including phenoxy) is 2. The fraction of sp³-hybridized carbons (Fsp3) is 1.00. The van der Waals surface area contributed by atoms with Crippen LogP contribution in [0.25, 0.3) is 0 Å². The van der Waals surface area contributed by atoms with Crippen LogP contribution in [0.1, 0.15) is 46.0 Å². The van der Waals surface area contributed by atoms with E-state index in [2.05, 4.69) is 20.9 Å². The van der Waals surface area contributed by atoms with Crippen LogP contribution in [0, 0.1) is 0 Å². The molecule has 7 heteroatoms. The van der Waals surface area contributed by atoms with Crippen LogP contribution in [0.3, 0.4) is 0 Å². The van der Waals surface area contributed by atoms with E-state index in [-0.39, 0.29) is 5.75 Å². The van der Waals surface area contributed by atoms with Crippen LogP contribution in [0.5, 0.6) is 0 Å². The summed E-state index contributed by atoms with van der Waals surface area (Å²) in [4.78, 5) is 0. The van der Waals surface area contributed by atoms with E-state index < -0.39 is 10.1 Å². The fourth-order valence-corrected chi connectivity index (χ4v) is 2.94. The molecule has 140 valence electrons. The molecular formula is C16H35NO5S. The van der Waals surface area contributed by atoms with Gasteiger partial charge in [0.1, 0.15) is 6.54 Å². The fourth-order valence-electron chi connectivity index (χ4n) is 2.45. The van der Waals surface area contributed by atoms with Crippen LogP contribution in [-0.4, -0.2) is 76.3 Å². The van der Waals surface area contributed by atoms with Gasteiger partial charge in [-0.3, -0.25) is 0 Å². The minimum absolute atomic E-state index is 0.277. The molecule has 0 saturated heterocycles. The summed E-state index contributed by atoms with van der Waals surface area (Å²) in [5.41, 5.74) is 0. The molecule has 0 aromatic carbocycles. The molecule has 0 rings (SSSR count). The largest absolute Gasteiger partial charge is 0.748 e. The van der Waals surface area contributed by atoms with Gasteiger partial charge in [-0.2, -0.15) is 0 Å². The first-order valence-corrected chi connectivity index (χ1v) is 10.3. The Hall–Kier alpha value is -0.210. The van der Waals surface area contributed by atoms with Gasteiger partial charge in [0.25, 0.3) is 0 Å². The first-order chi connectivity index (χ1) is 10.8. The van der Waals surface area contributed by atoms with Gasteiger partial charge in [0.2, 0.25) is 0 Å². The highest BCUT2D eigenvalue weighted by molar-refractivity contribution is 7.85. The Kier molecular flexibility index (Phi) is 13.0. The molecule has 0 aromatic rings. The summed E-state index contributed by atoms with van der Waals surface area (Å²) in [5, 5.41) is 0. The van der Waals surface area contributed by atoms with Gasteiger partial charge in [-0.05, 0) is 19.3 Å². The number of rotatable bonds is 16. The van der Waals surface area contributed by atoms with E-state index in [1.807, 2.05) is 0 Å². The van der Waals surface area contributed by atoms with Gasteiger partial charge in [0.05, 0.1) is 50.1 Å². The van der Waals surface area contributed by atoms with Crippen LogP contribution in [-0.2, 0) is 19.6 Å². The number of unbranched alkanes of at least 4 members (excludes halogenated alkanes) is 2. The molecule has 0 aliphatic carbocycles. The van der Waals surface area contributed by atoms with Crippen molar-refractivity contribution < 1.29 is 26.9 Å². The van der Waals surface area contributed by atoms with E-state index in [1.165, 1.54) is 6.42 Å². The lowest BCUT2D eigenvalue weighted by atomic mass is 10.2. The Balaban J connectivity index is 4.10. The summed E-state index contributed by atoms with van der Waals surface area (Å²) in [5.74, 6) is -0.277. The maximum atomic E-state index is 10.8. The van der Waals surface area contributed by atoms with Gasteiger partial charge in [-0.15, -0.1) is 0 Å². The molecule has 1 atom stereocenters. The topological polar surface area (TPSA) is 75.7 Å². The standard InChI is InChI=1S/C16H35NO5S/c1-4-6-7-9-17(3,10-8-16-23(18,19)20)11-13-22-15-14-21-12-5-2/h4-16H2,1-3H3. The monoisotopic (exact) mass is 353 g/mol. The van der Waals surface area contributed by atoms with E-state index in [1.54, 1.807) is 0 Å². The summed E-state index contributed by atoms with van der Waals surface area (Å²) >= 11 is 0. The molecule has 1 unspecified atom stereocenters. The molecule has 0 aromatic heterocycles. The van der Waals surface area contributed by atoms with Gasteiger partial charge >= 0.3 is 0 Å². The van der Waals surface area contributed by atoms with E-state index in [0.717, 1.165) is 43.4 Å². The summed E-state index contributed by atoms with van der Waals surface area (Å²) in [6.07, 6.45) is 4.85. The van der Waals surface area contributed by atoms with Crippen molar-refractivity contribution in [3.05, 3.63) is 0 Å². The molecule has 0 fully saturated rings. The lowest BCUT2D eigenvalue weighted by molar-refractivity contribution is -0.910. The van der Waals surface area contributed by atoms with E-state index in [4.69, 9.17) is 9.47 Å². The Bertz CT molecular complexity index is 375. The zero-order valence-electron chi connectivity index (χ0n) is 15.1. The second-order valence-corrected chi connectivity index (χ2v) is 7.86. The molecule has 0 saturated carbocycles. The maximum Gasteiger partial charge on any atom is 0.102 e. The quantitative estimate of drug-likeness (QED) is 0.241. The molecule has 0 radical (unpaired) electrons. The maximum absolute atomic E-state index is 10.8. The molecule has 0 bridgehead atoms. The lowest BCUT2D eigenvalue weighted by Crippen LogP contribution is -2.48. The van der Waals surface area contributed by atoms with Gasteiger partial charge in [0, 0.05) is 18.8 Å². The zero-order chi connectivity index (χ0) is 17.6. The number of quaternary nitrogens is 1. The van der Waals surface area contributed by atoms with Crippen molar-refractivity contribution in [3.63, 3.8) is 0 Å². The predicted molar refractivity (Wildman–Crippen MR) is 91.4 cm³/mol. The minimum Gasteiger partial charge on any atom is -0.748 e. The Morgan fingerprint density at radius 1 is 0.826 bits per heavy atom. The van der Waals surface area contributed by atoms with Crippen molar-refractivity contribution >= 4 is 10.1 Å². The Morgan fingerprint density at radius 2 is 1.43 bits per heavy atom. The summed E-state index contributed by atoms with van der Waals surface area (Å²) in [6.45, 7) is 9.33. The summed E-state index contributed by atoms with van der Waals surface area (Å²) < 4.78 is 44.0. The third kappa shape index (κ3) is 15.1. The molecule has 6 nitrogen and oxygen atoms in total. The highest BCUT2D eigenvalue weighted by Gasteiger charge is 2.20. The van der Waals surface area contributed by atoms with Crippen LogP contribution in [0.4, 0.5) is 0 Å². The average Bonchev–Trinajstić information content (AvgIpc) is 2.45. The van der Waals surface area contributed by atoms with E-state index in [9.17, 15) is 13.0 Å². The number of nitrogens with zero attached hydrogens (tertiary/aromatic N) is 1. The van der Waals surface area contributed by atoms with Crippen LogP contribution >= 0.6 is 0 Å². The number of hydrogen-bond acceptors (Lipinski definition) is 5. The Morgan fingerprint density at radius 3 is 2.00 bits per heavy atom. The second-order valence-electron chi connectivity index (χ2n) is 6.34. The Labute approximate surface area is 142 Å². The zero-order valence-corrected chi connectivity index (χ0v) is 15.9. The molecule has 0 aliphatic rings. The van der Waals surface area contributed by atoms with Crippen LogP contribution in [0.2, 0.25) is 0 Å². The van der Waals surface area contributed by atoms with Crippen molar-refractivity contribution in [2.75, 3.05) is 58.9 Å². The van der Waals surface area contributed by atoms with E-state index >= 15 is 0 Å². The van der Waals surface area contributed by atoms with Gasteiger partial charge < -0.3 is 18.5 Å². The van der Waals surface area contributed by atoms with E-state index in [0.29, 0.717) is 32.8 Å². The third-order valence-corrected chi connectivity index (χ3v) is 4.68. The van der Waals surface area contributed by atoms with Crippen molar-refractivity contribution in [1.82, 2.24) is 0 Å². The minimum atomic E-state index is -4.12. The molecule has 23 heavy (non-hydrogen) atoms. The van der Waals surface area contributed by atoms with Crippen LogP contribution < -0.4 is 0 Å². The van der Waals surface area contributed by atoms with Crippen molar-refractivity contribution in [3.8, 4) is 0 Å². The molecule has 0 spiro atoms. The smallest absolute Gasteiger partial charge is 0.102 e. The predicted octanol–water partition coefficient (Wildman–Crippen LogP) is 2.00. The summed E-state index contributed by atoms with van der Waals surface area (Å²) in [6, 6.07) is 0. The molecule has 0 heterocycles. The second kappa shape index (κ2) is 13.1. The first-order valence-electron chi connectivity index (χ1n) is 8.75. The lowest BCUT2D eigenvalue weighted by Gasteiger charge is -2.35. The average molecular weight is 354 g/mol. The van der Waals surface area contributed by atoms with Gasteiger partial charge in [-0.25, -0.2) is 8.42 Å². The SMILES string of the molecule is CCCCC[N+](C)(CCCS(=O)(=O)[O-])CCOCCOCCC. The van der Waals surface area contributed by atoms with Crippen LogP contribution in [0.15, 0.2) is 0 Å². The summed E-state index contributed by atoms with van der Waals surface area (Å²) in [7, 11) is -2.00. The molecule has 0 aliphatic heterocycles. The van der Waals surface area contributed by atoms with Gasteiger partial charge in [0.15, 0.2) is 0 Å². The highest BCUT2D eigenvalue weighted by Crippen LogP contribution is 2.09. The third-order valence-electron chi connectivity index (χ3n) is 3.89. The van der Waals surface area contributed by atoms with Crippen molar-refractivity contribution in [2.45, 2.75) is 46.0 Å². The van der Waals surface area contributed by atoms with Crippen molar-refractivity contribution in [2.24, 2.45) is 0 Å². The number of likely N-dealkylation sites (N-methyl/N-ethyl adjacent to an activating group) is 1. The number of hydrogen-bond donors (Lipinski definition) is 0. The highest BCUT2D eigenvalue weighted by atomic mass is 32.2. The molecule has 0 amide bonds. The van der Waals surface area contributed by atoms with Crippen molar-refractivity contribution in [1.29, 1.82) is 0 Å².